The predicted octanol–water partition coefficient (Wildman–Crippen LogP) is 4.21. The second-order valence-electron chi connectivity index (χ2n) is 8.70. The van der Waals surface area contributed by atoms with Crippen LogP contribution in [0.15, 0.2) is 36.4 Å². The summed E-state index contributed by atoms with van der Waals surface area (Å²) in [6.45, 7) is 6.36. The maximum absolute atomic E-state index is 13.7. The number of rotatable bonds is 11. The number of anilines is 1. The lowest BCUT2D eigenvalue weighted by Gasteiger charge is -2.32. The quantitative estimate of drug-likeness (QED) is 0.433. The highest BCUT2D eigenvalue weighted by Gasteiger charge is 2.32. The third-order valence-electron chi connectivity index (χ3n) is 6.15. The summed E-state index contributed by atoms with van der Waals surface area (Å²) in [5.74, 6) is -0.305. The molecule has 0 radical (unpaired) electrons. The molecule has 1 heterocycles. The number of halogens is 2. The van der Waals surface area contributed by atoms with Crippen molar-refractivity contribution in [3.8, 4) is 11.5 Å². The van der Waals surface area contributed by atoms with Crippen molar-refractivity contribution in [2.75, 3.05) is 23.4 Å². The molecule has 202 valence electrons. The minimum atomic E-state index is -3.87. The zero-order chi connectivity index (χ0) is 27.3. The molecule has 2 aromatic rings. The van der Waals surface area contributed by atoms with Crippen LogP contribution in [0, 0.1) is 0 Å². The Kier molecular flexibility index (Phi) is 9.55. The molecule has 1 aliphatic rings. The molecule has 0 bridgehead atoms. The van der Waals surface area contributed by atoms with E-state index in [2.05, 4.69) is 5.32 Å². The molecule has 1 aliphatic heterocycles. The van der Waals surface area contributed by atoms with Gasteiger partial charge in [-0.3, -0.25) is 13.9 Å². The summed E-state index contributed by atoms with van der Waals surface area (Å²) >= 11 is 12.4. The SMILES string of the molecule is CCC(C)NC(=O)C(C)N(Cc1ccc(Cl)cc1Cl)C(=O)CN(c1ccc2c(c1)OCO2)S(=O)(=O)CC. The number of amides is 2. The first-order chi connectivity index (χ1) is 17.5. The van der Waals surface area contributed by atoms with E-state index in [1.165, 1.54) is 17.9 Å². The number of hydrogen-bond donors (Lipinski definition) is 1. The van der Waals surface area contributed by atoms with Crippen LogP contribution in [0.5, 0.6) is 11.5 Å². The Morgan fingerprint density at radius 2 is 1.76 bits per heavy atom. The van der Waals surface area contributed by atoms with Crippen LogP contribution in [-0.2, 0) is 26.2 Å². The highest BCUT2D eigenvalue weighted by atomic mass is 35.5. The van der Waals surface area contributed by atoms with Crippen molar-refractivity contribution in [3.05, 3.63) is 52.0 Å². The molecule has 0 spiro atoms. The number of sulfonamides is 1. The molecular weight excluding hydrogens is 541 g/mol. The lowest BCUT2D eigenvalue weighted by molar-refractivity contribution is -0.139. The maximum Gasteiger partial charge on any atom is 0.244 e. The van der Waals surface area contributed by atoms with E-state index in [4.69, 9.17) is 32.7 Å². The van der Waals surface area contributed by atoms with Gasteiger partial charge in [-0.2, -0.15) is 0 Å². The van der Waals surface area contributed by atoms with E-state index in [-0.39, 0.29) is 36.7 Å². The second kappa shape index (κ2) is 12.2. The first-order valence-electron chi connectivity index (χ1n) is 11.9. The first kappa shape index (κ1) is 28.9. The number of benzene rings is 2. The lowest BCUT2D eigenvalue weighted by Crippen LogP contribution is -2.52. The van der Waals surface area contributed by atoms with Crippen molar-refractivity contribution in [2.45, 2.75) is 52.7 Å². The number of carbonyl (C=O) groups excluding carboxylic acids is 2. The fourth-order valence-electron chi connectivity index (χ4n) is 3.64. The molecule has 2 unspecified atom stereocenters. The van der Waals surface area contributed by atoms with Crippen LogP contribution in [0.25, 0.3) is 0 Å². The molecule has 12 heteroatoms. The Morgan fingerprint density at radius 3 is 2.41 bits per heavy atom. The highest BCUT2D eigenvalue weighted by molar-refractivity contribution is 7.92. The summed E-state index contributed by atoms with van der Waals surface area (Å²) in [5, 5.41) is 3.64. The Balaban J connectivity index is 1.96. The monoisotopic (exact) mass is 571 g/mol. The molecule has 9 nitrogen and oxygen atoms in total. The molecule has 0 fully saturated rings. The molecule has 3 rings (SSSR count). The fraction of sp³-hybridized carbons (Fsp3) is 0.440. The summed E-state index contributed by atoms with van der Waals surface area (Å²) in [6.07, 6.45) is 0.710. The standard InChI is InChI=1S/C25H31Cl2N3O6S/c1-5-16(3)28-25(32)17(4)29(13-18-7-8-19(26)11-21(18)27)24(31)14-30(37(33,34)6-2)20-9-10-22-23(12-20)36-15-35-22/h7-12,16-17H,5-6,13-15H2,1-4H3,(H,28,32). The van der Waals surface area contributed by atoms with Crippen LogP contribution in [0.3, 0.4) is 0 Å². The molecular formula is C25H31Cl2N3O6S. The topological polar surface area (TPSA) is 105 Å². The van der Waals surface area contributed by atoms with Crippen molar-refractivity contribution in [1.82, 2.24) is 10.2 Å². The van der Waals surface area contributed by atoms with Gasteiger partial charge in [-0.1, -0.05) is 36.2 Å². The first-order valence-corrected chi connectivity index (χ1v) is 14.3. The van der Waals surface area contributed by atoms with E-state index in [0.29, 0.717) is 33.5 Å². The largest absolute Gasteiger partial charge is 0.454 e. The van der Waals surface area contributed by atoms with Crippen molar-refractivity contribution < 1.29 is 27.5 Å². The molecule has 0 saturated carbocycles. The molecule has 0 aromatic heterocycles. The van der Waals surface area contributed by atoms with E-state index in [0.717, 1.165) is 4.31 Å². The van der Waals surface area contributed by atoms with Crippen LogP contribution in [0.2, 0.25) is 10.0 Å². The minimum absolute atomic E-state index is 0.0227. The molecule has 2 atom stereocenters. The number of fused-ring (bicyclic) bond motifs is 1. The van der Waals surface area contributed by atoms with E-state index < -0.39 is 28.5 Å². The normalized spacial score (nSPS) is 14.1. The van der Waals surface area contributed by atoms with Gasteiger partial charge in [0.15, 0.2) is 11.5 Å². The molecule has 37 heavy (non-hydrogen) atoms. The van der Waals surface area contributed by atoms with Gasteiger partial charge < -0.3 is 19.7 Å². The number of ether oxygens (including phenoxy) is 2. The van der Waals surface area contributed by atoms with E-state index in [9.17, 15) is 18.0 Å². The van der Waals surface area contributed by atoms with E-state index >= 15 is 0 Å². The maximum atomic E-state index is 13.7. The lowest BCUT2D eigenvalue weighted by atomic mass is 10.1. The third kappa shape index (κ3) is 7.00. The summed E-state index contributed by atoms with van der Waals surface area (Å²) in [6, 6.07) is 8.50. The van der Waals surface area contributed by atoms with Crippen LogP contribution < -0.4 is 19.1 Å². The summed E-state index contributed by atoms with van der Waals surface area (Å²) in [4.78, 5) is 28.0. The average molecular weight is 573 g/mol. The van der Waals surface area contributed by atoms with Crippen LogP contribution in [-0.4, -0.2) is 56.3 Å². The number of hydrogen-bond acceptors (Lipinski definition) is 6. The van der Waals surface area contributed by atoms with Crippen molar-refractivity contribution in [1.29, 1.82) is 0 Å². The molecule has 1 N–H and O–H groups in total. The summed E-state index contributed by atoms with van der Waals surface area (Å²) < 4.78 is 37.9. The molecule has 2 aromatic carbocycles. The highest BCUT2D eigenvalue weighted by Crippen LogP contribution is 2.36. The van der Waals surface area contributed by atoms with Gasteiger partial charge in [-0.15, -0.1) is 0 Å². The average Bonchev–Trinajstić information content (AvgIpc) is 3.34. The van der Waals surface area contributed by atoms with Crippen molar-refractivity contribution >= 4 is 50.7 Å². The van der Waals surface area contributed by atoms with Gasteiger partial charge in [0.1, 0.15) is 12.6 Å². The van der Waals surface area contributed by atoms with Gasteiger partial charge in [0.2, 0.25) is 28.6 Å². The second-order valence-corrected chi connectivity index (χ2v) is 11.7. The predicted molar refractivity (Wildman–Crippen MR) is 144 cm³/mol. The zero-order valence-corrected chi connectivity index (χ0v) is 23.5. The summed E-state index contributed by atoms with van der Waals surface area (Å²) in [7, 11) is -3.87. The van der Waals surface area contributed by atoms with Gasteiger partial charge in [-0.05, 0) is 57.0 Å². The third-order valence-corrected chi connectivity index (χ3v) is 8.48. The van der Waals surface area contributed by atoms with Gasteiger partial charge in [0.05, 0.1) is 11.4 Å². The van der Waals surface area contributed by atoms with E-state index in [1.54, 1.807) is 37.3 Å². The van der Waals surface area contributed by atoms with Crippen LogP contribution >= 0.6 is 23.2 Å². The van der Waals surface area contributed by atoms with Gasteiger partial charge in [0.25, 0.3) is 0 Å². The smallest absolute Gasteiger partial charge is 0.244 e. The number of nitrogens with one attached hydrogen (secondary N) is 1. The van der Waals surface area contributed by atoms with Crippen molar-refractivity contribution in [3.63, 3.8) is 0 Å². The van der Waals surface area contributed by atoms with Crippen LogP contribution in [0.1, 0.15) is 39.7 Å². The zero-order valence-electron chi connectivity index (χ0n) is 21.2. The van der Waals surface area contributed by atoms with Crippen LogP contribution in [0.4, 0.5) is 5.69 Å². The van der Waals surface area contributed by atoms with Crippen molar-refractivity contribution in [2.24, 2.45) is 0 Å². The Labute approximate surface area is 227 Å². The van der Waals surface area contributed by atoms with E-state index in [1.807, 2.05) is 13.8 Å². The van der Waals surface area contributed by atoms with Gasteiger partial charge in [-0.25, -0.2) is 8.42 Å². The van der Waals surface area contributed by atoms with Gasteiger partial charge >= 0.3 is 0 Å². The minimum Gasteiger partial charge on any atom is -0.454 e. The molecule has 0 aliphatic carbocycles. The Morgan fingerprint density at radius 1 is 1.05 bits per heavy atom. The Bertz CT molecular complexity index is 1260. The number of nitrogens with zero attached hydrogens (tertiary/aromatic N) is 2. The summed E-state index contributed by atoms with van der Waals surface area (Å²) in [5.41, 5.74) is 0.816. The molecule has 2 amide bonds. The fourth-order valence-corrected chi connectivity index (χ4v) is 5.16. The Hall–Kier alpha value is -2.69. The van der Waals surface area contributed by atoms with Gasteiger partial charge in [0, 0.05) is 28.7 Å². The molecule has 0 saturated heterocycles. The number of carbonyl (C=O) groups is 2.